The van der Waals surface area contributed by atoms with Crippen molar-refractivity contribution in [3.05, 3.63) is 0 Å². The molecule has 2 aliphatic rings. The summed E-state index contributed by atoms with van der Waals surface area (Å²) >= 11 is 0. The Bertz CT molecular complexity index is 186. The van der Waals surface area contributed by atoms with Crippen LogP contribution in [-0.2, 0) is 0 Å². The van der Waals surface area contributed by atoms with E-state index >= 15 is 0 Å². The van der Waals surface area contributed by atoms with Crippen molar-refractivity contribution in [2.45, 2.75) is 50.2 Å². The van der Waals surface area contributed by atoms with Gasteiger partial charge >= 0.3 is 0 Å². The van der Waals surface area contributed by atoms with Crippen LogP contribution in [0.3, 0.4) is 0 Å². The molecule has 2 fully saturated rings. The molecule has 0 aliphatic heterocycles. The summed E-state index contributed by atoms with van der Waals surface area (Å²) in [6.45, 7) is 1.72. The van der Waals surface area contributed by atoms with Crippen molar-refractivity contribution in [2.75, 3.05) is 19.7 Å². The largest absolute Gasteiger partial charge is 0.395 e. The third-order valence-electron chi connectivity index (χ3n) is 3.48. The maximum atomic E-state index is 10.2. The molecule has 2 saturated carbocycles. The van der Waals surface area contributed by atoms with Crippen LogP contribution in [0.15, 0.2) is 0 Å². The fraction of sp³-hybridized carbons (Fsp3) is 1.00. The zero-order chi connectivity index (χ0) is 10.0. The van der Waals surface area contributed by atoms with Crippen LogP contribution < -0.4 is 0 Å². The van der Waals surface area contributed by atoms with Gasteiger partial charge < -0.3 is 10.2 Å². The molecule has 0 aromatic carbocycles. The summed E-state index contributed by atoms with van der Waals surface area (Å²) in [5.41, 5.74) is -0.447. The summed E-state index contributed by atoms with van der Waals surface area (Å²) in [4.78, 5) is 2.27. The molecule has 2 N–H and O–H groups in total. The lowest BCUT2D eigenvalue weighted by molar-refractivity contribution is 0.00287. The van der Waals surface area contributed by atoms with Gasteiger partial charge in [-0.1, -0.05) is 12.8 Å². The normalized spacial score (nSPS) is 25.9. The van der Waals surface area contributed by atoms with E-state index in [9.17, 15) is 5.11 Å². The highest BCUT2D eigenvalue weighted by atomic mass is 16.3. The van der Waals surface area contributed by atoms with Crippen LogP contribution in [-0.4, -0.2) is 46.5 Å². The number of nitrogens with zero attached hydrogens (tertiary/aromatic N) is 1. The minimum Gasteiger partial charge on any atom is -0.395 e. The first-order valence-electron chi connectivity index (χ1n) is 5.81. The predicted octanol–water partition coefficient (Wildman–Crippen LogP) is 0.748. The molecular formula is C11H21NO2. The Hall–Kier alpha value is -0.120. The van der Waals surface area contributed by atoms with Crippen LogP contribution in [0.5, 0.6) is 0 Å². The van der Waals surface area contributed by atoms with Crippen molar-refractivity contribution in [3.8, 4) is 0 Å². The molecule has 82 valence electrons. The standard InChI is InChI=1S/C11H21NO2/c13-8-7-12(10-3-4-10)9-11(14)5-1-2-6-11/h10,13-14H,1-9H2. The second-order valence-corrected chi connectivity index (χ2v) is 4.86. The highest BCUT2D eigenvalue weighted by Gasteiger charge is 2.37. The number of aliphatic hydroxyl groups is 2. The van der Waals surface area contributed by atoms with Gasteiger partial charge in [-0.05, 0) is 25.7 Å². The third-order valence-corrected chi connectivity index (χ3v) is 3.48. The molecule has 0 heterocycles. The first kappa shape index (κ1) is 10.4. The van der Waals surface area contributed by atoms with Gasteiger partial charge in [-0.2, -0.15) is 0 Å². The zero-order valence-corrected chi connectivity index (χ0v) is 8.78. The third kappa shape index (κ3) is 2.47. The number of hydrogen-bond acceptors (Lipinski definition) is 3. The molecule has 0 bridgehead atoms. The Labute approximate surface area is 85.7 Å². The topological polar surface area (TPSA) is 43.7 Å². The van der Waals surface area contributed by atoms with Crippen LogP contribution >= 0.6 is 0 Å². The highest BCUT2D eigenvalue weighted by molar-refractivity contribution is 4.92. The van der Waals surface area contributed by atoms with Crippen molar-refractivity contribution < 1.29 is 10.2 Å². The van der Waals surface area contributed by atoms with Crippen LogP contribution in [0.2, 0.25) is 0 Å². The van der Waals surface area contributed by atoms with Gasteiger partial charge in [0.1, 0.15) is 0 Å². The number of aliphatic hydroxyl groups excluding tert-OH is 1. The van der Waals surface area contributed by atoms with Gasteiger partial charge in [0.25, 0.3) is 0 Å². The first-order valence-corrected chi connectivity index (χ1v) is 5.81. The molecule has 0 aromatic heterocycles. The fourth-order valence-corrected chi connectivity index (χ4v) is 2.53. The highest BCUT2D eigenvalue weighted by Crippen LogP contribution is 2.34. The molecular weight excluding hydrogens is 178 g/mol. The molecule has 0 radical (unpaired) electrons. The quantitative estimate of drug-likeness (QED) is 0.686. The Morgan fingerprint density at radius 2 is 1.86 bits per heavy atom. The summed E-state index contributed by atoms with van der Waals surface area (Å²) in [6, 6.07) is 0.645. The Morgan fingerprint density at radius 3 is 2.36 bits per heavy atom. The number of hydrogen-bond donors (Lipinski definition) is 2. The average Bonchev–Trinajstić information content (AvgIpc) is 2.91. The lowest BCUT2D eigenvalue weighted by Crippen LogP contribution is -2.43. The van der Waals surface area contributed by atoms with E-state index in [1.165, 1.54) is 12.8 Å². The fourth-order valence-electron chi connectivity index (χ4n) is 2.53. The predicted molar refractivity (Wildman–Crippen MR) is 55.1 cm³/mol. The zero-order valence-electron chi connectivity index (χ0n) is 8.78. The lowest BCUT2D eigenvalue weighted by atomic mass is 10.0. The monoisotopic (exact) mass is 199 g/mol. The molecule has 2 rings (SSSR count). The Balaban J connectivity index is 1.85. The van der Waals surface area contributed by atoms with E-state index < -0.39 is 5.60 Å². The van der Waals surface area contributed by atoms with Crippen molar-refractivity contribution in [1.82, 2.24) is 4.90 Å². The molecule has 3 nitrogen and oxygen atoms in total. The van der Waals surface area contributed by atoms with Gasteiger partial charge in [-0.3, -0.25) is 4.90 Å². The molecule has 0 saturated heterocycles. The SMILES string of the molecule is OCCN(CC1(O)CCCC1)C1CC1. The molecule has 0 atom stereocenters. The van der Waals surface area contributed by atoms with Crippen molar-refractivity contribution in [1.29, 1.82) is 0 Å². The van der Waals surface area contributed by atoms with Gasteiger partial charge in [0.2, 0.25) is 0 Å². The van der Waals surface area contributed by atoms with E-state index in [1.807, 2.05) is 0 Å². The summed E-state index contributed by atoms with van der Waals surface area (Å²) < 4.78 is 0. The molecule has 0 aromatic rings. The second kappa shape index (κ2) is 4.17. The van der Waals surface area contributed by atoms with E-state index in [0.717, 1.165) is 38.8 Å². The molecule has 2 aliphatic carbocycles. The van der Waals surface area contributed by atoms with Gasteiger partial charge in [0.15, 0.2) is 0 Å². The molecule has 14 heavy (non-hydrogen) atoms. The molecule has 0 amide bonds. The molecule has 3 heteroatoms. The van der Waals surface area contributed by atoms with E-state index in [2.05, 4.69) is 4.90 Å². The second-order valence-electron chi connectivity index (χ2n) is 4.86. The smallest absolute Gasteiger partial charge is 0.0774 e. The summed E-state index contributed by atoms with van der Waals surface area (Å²) in [5, 5.41) is 19.2. The first-order chi connectivity index (χ1) is 6.73. The van der Waals surface area contributed by atoms with Crippen LogP contribution in [0.25, 0.3) is 0 Å². The maximum Gasteiger partial charge on any atom is 0.0774 e. The Kier molecular flexibility index (Phi) is 3.10. The summed E-state index contributed by atoms with van der Waals surface area (Å²) in [5.74, 6) is 0. The minimum absolute atomic E-state index is 0.215. The molecule has 0 unspecified atom stereocenters. The van der Waals surface area contributed by atoms with Gasteiger partial charge in [-0.25, -0.2) is 0 Å². The summed E-state index contributed by atoms with van der Waals surface area (Å²) in [6.07, 6.45) is 6.71. The van der Waals surface area contributed by atoms with E-state index in [-0.39, 0.29) is 6.61 Å². The minimum atomic E-state index is -0.447. The summed E-state index contributed by atoms with van der Waals surface area (Å²) in [7, 11) is 0. The lowest BCUT2D eigenvalue weighted by Gasteiger charge is -2.30. The van der Waals surface area contributed by atoms with Crippen molar-refractivity contribution in [2.24, 2.45) is 0 Å². The van der Waals surface area contributed by atoms with Gasteiger partial charge in [0.05, 0.1) is 12.2 Å². The van der Waals surface area contributed by atoms with Crippen molar-refractivity contribution in [3.63, 3.8) is 0 Å². The average molecular weight is 199 g/mol. The van der Waals surface area contributed by atoms with Crippen LogP contribution in [0, 0.1) is 0 Å². The van der Waals surface area contributed by atoms with Gasteiger partial charge in [0, 0.05) is 19.1 Å². The van der Waals surface area contributed by atoms with Crippen molar-refractivity contribution >= 4 is 0 Å². The van der Waals surface area contributed by atoms with E-state index in [4.69, 9.17) is 5.11 Å². The number of rotatable bonds is 5. The van der Waals surface area contributed by atoms with E-state index in [0.29, 0.717) is 6.04 Å². The van der Waals surface area contributed by atoms with Crippen LogP contribution in [0.4, 0.5) is 0 Å². The van der Waals surface area contributed by atoms with Crippen LogP contribution in [0.1, 0.15) is 38.5 Å². The maximum absolute atomic E-state index is 10.2. The van der Waals surface area contributed by atoms with Gasteiger partial charge in [-0.15, -0.1) is 0 Å². The Morgan fingerprint density at radius 1 is 1.21 bits per heavy atom. The molecule has 0 spiro atoms. The van der Waals surface area contributed by atoms with E-state index in [1.54, 1.807) is 0 Å².